The van der Waals surface area contributed by atoms with Gasteiger partial charge in [0.2, 0.25) is 0 Å². The maximum atomic E-state index is 13.7. The van der Waals surface area contributed by atoms with Crippen molar-refractivity contribution in [3.05, 3.63) is 35.9 Å². The molecule has 18 heavy (non-hydrogen) atoms. The van der Waals surface area contributed by atoms with Gasteiger partial charge in [0, 0.05) is 23.0 Å². The minimum atomic E-state index is -2.49. The third-order valence-corrected chi connectivity index (χ3v) is 2.63. The van der Waals surface area contributed by atoms with E-state index >= 15 is 0 Å². The van der Waals surface area contributed by atoms with Crippen LogP contribution in [-0.4, -0.2) is 16.2 Å². The standard InChI is InChI=1S/C12H12F3N3/c1-7-2-10(13)9(3-11(7)16)8-4-17-18(5-8)6-12(14)15/h2-5,12H,6,16H2,1H3. The largest absolute Gasteiger partial charge is 0.398 e. The van der Waals surface area contributed by atoms with Crippen molar-refractivity contribution in [2.75, 3.05) is 5.73 Å². The van der Waals surface area contributed by atoms with Crippen LogP contribution in [0.15, 0.2) is 24.5 Å². The lowest BCUT2D eigenvalue weighted by atomic mass is 10.1. The van der Waals surface area contributed by atoms with E-state index in [1.165, 1.54) is 24.5 Å². The number of anilines is 1. The van der Waals surface area contributed by atoms with Gasteiger partial charge < -0.3 is 5.73 Å². The Morgan fingerprint density at radius 1 is 1.39 bits per heavy atom. The van der Waals surface area contributed by atoms with Crippen molar-refractivity contribution in [2.24, 2.45) is 0 Å². The average Bonchev–Trinajstić information content (AvgIpc) is 2.70. The Labute approximate surface area is 102 Å². The van der Waals surface area contributed by atoms with Gasteiger partial charge in [-0.1, -0.05) is 0 Å². The van der Waals surface area contributed by atoms with E-state index in [2.05, 4.69) is 5.10 Å². The molecule has 0 spiro atoms. The van der Waals surface area contributed by atoms with E-state index in [9.17, 15) is 13.2 Å². The number of nitrogens with zero attached hydrogens (tertiary/aromatic N) is 2. The van der Waals surface area contributed by atoms with Crippen LogP contribution >= 0.6 is 0 Å². The fraction of sp³-hybridized carbons (Fsp3) is 0.250. The minimum absolute atomic E-state index is 0.263. The predicted molar refractivity (Wildman–Crippen MR) is 62.8 cm³/mol. The molecule has 0 unspecified atom stereocenters. The SMILES string of the molecule is Cc1cc(F)c(-c2cnn(CC(F)F)c2)cc1N. The van der Waals surface area contributed by atoms with E-state index in [1.807, 2.05) is 0 Å². The number of halogens is 3. The van der Waals surface area contributed by atoms with Crippen molar-refractivity contribution in [2.45, 2.75) is 19.9 Å². The average molecular weight is 255 g/mol. The van der Waals surface area contributed by atoms with Gasteiger partial charge in [0.15, 0.2) is 0 Å². The Morgan fingerprint density at radius 3 is 2.78 bits per heavy atom. The first kappa shape index (κ1) is 12.5. The molecule has 6 heteroatoms. The van der Waals surface area contributed by atoms with E-state index in [1.54, 1.807) is 6.92 Å². The second-order valence-corrected chi connectivity index (χ2v) is 4.03. The first-order chi connectivity index (χ1) is 8.47. The van der Waals surface area contributed by atoms with Crippen LogP contribution < -0.4 is 5.73 Å². The highest BCUT2D eigenvalue weighted by Crippen LogP contribution is 2.26. The third kappa shape index (κ3) is 2.47. The van der Waals surface area contributed by atoms with Gasteiger partial charge in [-0.15, -0.1) is 0 Å². The number of hydrogen-bond donors (Lipinski definition) is 1. The number of hydrogen-bond acceptors (Lipinski definition) is 2. The summed E-state index contributed by atoms with van der Waals surface area (Å²) in [4.78, 5) is 0. The lowest BCUT2D eigenvalue weighted by Gasteiger charge is -2.05. The molecule has 0 fully saturated rings. The molecule has 0 radical (unpaired) electrons. The van der Waals surface area contributed by atoms with Crippen molar-refractivity contribution < 1.29 is 13.2 Å². The highest BCUT2D eigenvalue weighted by atomic mass is 19.3. The summed E-state index contributed by atoms with van der Waals surface area (Å²) in [5.74, 6) is -0.446. The van der Waals surface area contributed by atoms with Crippen LogP contribution in [0, 0.1) is 12.7 Å². The van der Waals surface area contributed by atoms with Gasteiger partial charge in [0.05, 0.1) is 6.20 Å². The normalized spacial score (nSPS) is 11.2. The Balaban J connectivity index is 2.37. The van der Waals surface area contributed by atoms with Crippen LogP contribution in [0.3, 0.4) is 0 Å². The summed E-state index contributed by atoms with van der Waals surface area (Å²) in [6.45, 7) is 1.19. The summed E-state index contributed by atoms with van der Waals surface area (Å²) in [5.41, 5.74) is 7.48. The van der Waals surface area contributed by atoms with Gasteiger partial charge in [-0.25, -0.2) is 13.2 Å². The highest BCUT2D eigenvalue weighted by Gasteiger charge is 2.11. The van der Waals surface area contributed by atoms with Crippen LogP contribution in [0.1, 0.15) is 5.56 Å². The number of aromatic nitrogens is 2. The zero-order valence-electron chi connectivity index (χ0n) is 9.70. The summed E-state index contributed by atoms with van der Waals surface area (Å²) in [7, 11) is 0. The number of rotatable bonds is 3. The van der Waals surface area contributed by atoms with Gasteiger partial charge in [-0.3, -0.25) is 4.68 Å². The Kier molecular flexibility index (Phi) is 3.27. The molecule has 2 aromatic rings. The number of nitrogens with two attached hydrogens (primary N) is 1. The second kappa shape index (κ2) is 4.72. The van der Waals surface area contributed by atoms with Crippen molar-refractivity contribution in [1.29, 1.82) is 0 Å². The molecule has 1 aromatic heterocycles. The molecule has 0 aliphatic rings. The molecule has 0 amide bonds. The number of benzene rings is 1. The van der Waals surface area contributed by atoms with Crippen molar-refractivity contribution in [3.8, 4) is 11.1 Å². The molecule has 0 aliphatic heterocycles. The second-order valence-electron chi connectivity index (χ2n) is 4.03. The molecule has 1 aromatic carbocycles. The first-order valence-electron chi connectivity index (χ1n) is 5.34. The molecule has 0 atom stereocenters. The van der Waals surface area contributed by atoms with E-state index in [0.29, 0.717) is 16.8 Å². The summed E-state index contributed by atoms with van der Waals surface area (Å²) < 4.78 is 39.2. The molecule has 96 valence electrons. The summed E-state index contributed by atoms with van der Waals surface area (Å²) >= 11 is 0. The van der Waals surface area contributed by atoms with E-state index < -0.39 is 18.8 Å². The Bertz CT molecular complexity index is 564. The molecule has 2 N–H and O–H groups in total. The van der Waals surface area contributed by atoms with Crippen LogP contribution in [0.25, 0.3) is 11.1 Å². The predicted octanol–water partition coefficient (Wildman–Crippen LogP) is 2.84. The van der Waals surface area contributed by atoms with Crippen molar-refractivity contribution in [3.63, 3.8) is 0 Å². The van der Waals surface area contributed by atoms with Gasteiger partial charge in [-0.2, -0.15) is 5.10 Å². The maximum absolute atomic E-state index is 13.7. The molecule has 0 aliphatic carbocycles. The topological polar surface area (TPSA) is 43.8 Å². The van der Waals surface area contributed by atoms with E-state index in [0.717, 1.165) is 4.68 Å². The zero-order chi connectivity index (χ0) is 13.3. The molecule has 1 heterocycles. The van der Waals surface area contributed by atoms with Gasteiger partial charge in [0.1, 0.15) is 12.4 Å². The zero-order valence-corrected chi connectivity index (χ0v) is 9.70. The van der Waals surface area contributed by atoms with Gasteiger partial charge >= 0.3 is 0 Å². The number of nitrogen functional groups attached to an aromatic ring is 1. The van der Waals surface area contributed by atoms with E-state index in [-0.39, 0.29) is 5.56 Å². The monoisotopic (exact) mass is 255 g/mol. The van der Waals surface area contributed by atoms with Crippen LogP contribution in [0.2, 0.25) is 0 Å². The Morgan fingerprint density at radius 2 is 2.11 bits per heavy atom. The minimum Gasteiger partial charge on any atom is -0.398 e. The smallest absolute Gasteiger partial charge is 0.257 e. The lowest BCUT2D eigenvalue weighted by Crippen LogP contribution is -2.06. The van der Waals surface area contributed by atoms with Crippen molar-refractivity contribution in [1.82, 2.24) is 9.78 Å². The van der Waals surface area contributed by atoms with E-state index in [4.69, 9.17) is 5.73 Å². The highest BCUT2D eigenvalue weighted by molar-refractivity contribution is 5.68. The third-order valence-electron chi connectivity index (χ3n) is 2.63. The molecule has 0 saturated carbocycles. The quantitative estimate of drug-likeness (QED) is 0.857. The van der Waals surface area contributed by atoms with Gasteiger partial charge in [-0.05, 0) is 24.6 Å². The van der Waals surface area contributed by atoms with Crippen molar-refractivity contribution >= 4 is 5.69 Å². The Hall–Kier alpha value is -1.98. The van der Waals surface area contributed by atoms with Crippen LogP contribution in [0.5, 0.6) is 0 Å². The lowest BCUT2D eigenvalue weighted by molar-refractivity contribution is 0.122. The molecule has 0 bridgehead atoms. The fourth-order valence-corrected chi connectivity index (χ4v) is 1.65. The number of aryl methyl sites for hydroxylation is 1. The molecule has 3 nitrogen and oxygen atoms in total. The molecule has 0 saturated heterocycles. The van der Waals surface area contributed by atoms with Crippen LogP contribution in [-0.2, 0) is 6.54 Å². The summed E-state index contributed by atoms with van der Waals surface area (Å²) in [5, 5.41) is 3.76. The molecular weight excluding hydrogens is 243 g/mol. The van der Waals surface area contributed by atoms with Gasteiger partial charge in [0.25, 0.3) is 6.43 Å². The molecule has 2 rings (SSSR count). The summed E-state index contributed by atoms with van der Waals surface area (Å²) in [6, 6.07) is 2.80. The van der Waals surface area contributed by atoms with Crippen LogP contribution in [0.4, 0.5) is 18.9 Å². The summed E-state index contributed by atoms with van der Waals surface area (Å²) in [6.07, 6.45) is 0.222. The molecular formula is C12H12F3N3. The fourth-order valence-electron chi connectivity index (χ4n) is 1.65. The number of alkyl halides is 2. The first-order valence-corrected chi connectivity index (χ1v) is 5.34. The maximum Gasteiger partial charge on any atom is 0.257 e.